The molecule has 8 aromatic rings. The molecule has 6 nitrogen and oxygen atoms in total. The number of fused-ring (bicyclic) bond motifs is 4. The van der Waals surface area contributed by atoms with Crippen LogP contribution >= 0.6 is 0 Å². The van der Waals surface area contributed by atoms with Crippen molar-refractivity contribution in [3.05, 3.63) is 138 Å². The van der Waals surface area contributed by atoms with Crippen LogP contribution in [0.3, 0.4) is 0 Å². The Morgan fingerprint density at radius 1 is 0.837 bits per heavy atom. The zero-order valence-electron chi connectivity index (χ0n) is 30.3. The van der Waals surface area contributed by atoms with Crippen molar-refractivity contribution in [2.24, 2.45) is 0 Å². The van der Waals surface area contributed by atoms with Crippen molar-refractivity contribution in [3.63, 3.8) is 0 Å². The zero-order chi connectivity index (χ0) is 35.9. The summed E-state index contributed by atoms with van der Waals surface area (Å²) < 4.78 is 42.9. The Bertz CT molecular complexity index is 2460. The van der Waals surface area contributed by atoms with Gasteiger partial charge in [-0.2, -0.15) is 0 Å². The van der Waals surface area contributed by atoms with Gasteiger partial charge in [0.1, 0.15) is 17.4 Å². The topological polar surface area (TPSA) is 69.6 Å². The minimum Gasteiger partial charge on any atom is -0.501 e. The number of hydrogen-bond acceptors (Lipinski definition) is 5. The maximum atomic E-state index is 12.7. The van der Waals surface area contributed by atoms with Crippen LogP contribution in [0.25, 0.3) is 61.4 Å². The Morgan fingerprint density at radius 3 is 2.33 bits per heavy atom. The molecule has 8 rings (SSSR count). The Kier molecular flexibility index (Phi) is 8.71. The number of aryl methyl sites for hydroxylation is 1. The maximum Gasteiger partial charge on any atom is 0.158 e. The predicted octanol–water partition coefficient (Wildman–Crippen LogP) is 10.4. The fraction of sp³-hybridized carbons (Fsp3) is 0.171. The van der Waals surface area contributed by atoms with E-state index in [1.54, 1.807) is 24.7 Å². The number of furan rings is 1. The summed E-state index contributed by atoms with van der Waals surface area (Å²) in [6, 6.07) is 32.0. The van der Waals surface area contributed by atoms with Gasteiger partial charge in [0.25, 0.3) is 0 Å². The largest absolute Gasteiger partial charge is 0.501 e. The third kappa shape index (κ3) is 6.54. The third-order valence-corrected chi connectivity index (χ3v) is 8.27. The van der Waals surface area contributed by atoms with Crippen molar-refractivity contribution < 1.29 is 33.0 Å². The summed E-state index contributed by atoms with van der Waals surface area (Å²) in [4.78, 5) is 18.0. The van der Waals surface area contributed by atoms with Crippen molar-refractivity contribution in [2.75, 3.05) is 0 Å². The van der Waals surface area contributed by atoms with Crippen molar-refractivity contribution >= 4 is 33.1 Å². The van der Waals surface area contributed by atoms with Crippen molar-refractivity contribution in [2.45, 2.75) is 46.4 Å². The van der Waals surface area contributed by atoms with Gasteiger partial charge >= 0.3 is 0 Å². The van der Waals surface area contributed by atoms with Gasteiger partial charge in [0.2, 0.25) is 0 Å². The minimum atomic E-state index is -2.15. The molecule has 8 heteroatoms. The Morgan fingerprint density at radius 2 is 1.63 bits per heavy atom. The van der Waals surface area contributed by atoms with Crippen LogP contribution < -0.4 is 0 Å². The molecule has 49 heavy (non-hydrogen) atoms. The maximum absolute atomic E-state index is 12.7. The van der Waals surface area contributed by atoms with E-state index in [9.17, 15) is 4.39 Å². The number of aromatic nitrogens is 5. The number of imidazole rings is 1. The Balaban J connectivity index is 0.000000218. The van der Waals surface area contributed by atoms with E-state index in [0.717, 1.165) is 50.2 Å². The fourth-order valence-corrected chi connectivity index (χ4v) is 5.96. The van der Waals surface area contributed by atoms with Gasteiger partial charge in [-0.1, -0.05) is 87.2 Å². The van der Waals surface area contributed by atoms with Crippen LogP contribution in [0, 0.1) is 24.8 Å². The smallest absolute Gasteiger partial charge is 0.158 e. The predicted molar refractivity (Wildman–Crippen MR) is 190 cm³/mol. The van der Waals surface area contributed by atoms with Gasteiger partial charge < -0.3 is 14.0 Å². The molecule has 0 spiro atoms. The average molecular weight is 827 g/mol. The summed E-state index contributed by atoms with van der Waals surface area (Å²) in [5.74, 6) is 1.04. The van der Waals surface area contributed by atoms with Crippen LogP contribution in [0.15, 0.2) is 108 Å². The van der Waals surface area contributed by atoms with Crippen LogP contribution in [0.1, 0.15) is 60.3 Å². The normalized spacial score (nSPS) is 12.4. The summed E-state index contributed by atoms with van der Waals surface area (Å²) in [7, 11) is 0. The first-order valence-electron chi connectivity index (χ1n) is 17.3. The molecular weight excluding hydrogens is 790 g/mol. The van der Waals surface area contributed by atoms with Crippen LogP contribution in [-0.4, -0.2) is 24.5 Å². The van der Waals surface area contributed by atoms with E-state index in [-0.39, 0.29) is 31.5 Å². The molecule has 0 atom stereocenters. The molecule has 4 aromatic carbocycles. The first-order chi connectivity index (χ1) is 24.5. The molecule has 0 N–H and O–H groups in total. The van der Waals surface area contributed by atoms with E-state index in [4.69, 9.17) is 13.5 Å². The van der Waals surface area contributed by atoms with Gasteiger partial charge in [-0.15, -0.1) is 48.0 Å². The van der Waals surface area contributed by atoms with E-state index in [2.05, 4.69) is 89.7 Å². The Hall–Kier alpha value is -5.04. The molecule has 4 aromatic heterocycles. The molecule has 0 aliphatic carbocycles. The van der Waals surface area contributed by atoms with Crippen molar-refractivity contribution in [1.82, 2.24) is 24.5 Å². The van der Waals surface area contributed by atoms with Crippen LogP contribution in [0.4, 0.5) is 4.39 Å². The summed E-state index contributed by atoms with van der Waals surface area (Å²) in [5.41, 5.74) is 8.99. The summed E-state index contributed by atoms with van der Waals surface area (Å²) in [6.07, 6.45) is 4.66. The first kappa shape index (κ1) is 30.0. The number of nitrogens with zero attached hydrogens (tertiary/aromatic N) is 5. The molecule has 0 saturated heterocycles. The van der Waals surface area contributed by atoms with Gasteiger partial charge in [0.15, 0.2) is 5.65 Å². The quantitative estimate of drug-likeness (QED) is 0.162. The fourth-order valence-electron chi connectivity index (χ4n) is 5.96. The van der Waals surface area contributed by atoms with Crippen molar-refractivity contribution in [1.29, 1.82) is 0 Å². The van der Waals surface area contributed by atoms with Crippen LogP contribution in [0.2, 0.25) is 0 Å². The molecule has 4 heterocycles. The number of para-hydroxylation sites is 2. The Labute approximate surface area is 302 Å². The minimum absolute atomic E-state index is 0. The molecule has 247 valence electrons. The molecule has 0 unspecified atom stereocenters. The molecule has 1 radical (unpaired) electrons. The van der Waals surface area contributed by atoms with Crippen molar-refractivity contribution in [3.8, 4) is 28.3 Å². The van der Waals surface area contributed by atoms with E-state index >= 15 is 0 Å². The standard InChI is InChI=1S/C29H25N4O.C12H9FN.Ir/c1-17(2)19-10-7-11-20(18(3)4)26(19)33-28(32-24-15-30-16-31-29(24)33)23-13-8-12-22-21-9-5-6-14-25(21)34-27(22)23;1-9-2-7-12(14-8-9)10-3-5-11(13)6-4-10;/h5-12,14-18H,1-4H3;2-3,5-8H,1H3;/q2*-1;/i;1D3;. The number of benzene rings is 4. The first-order valence-corrected chi connectivity index (χ1v) is 15.8. The van der Waals surface area contributed by atoms with Gasteiger partial charge in [-0.3, -0.25) is 9.37 Å². The second-order valence-electron chi connectivity index (χ2n) is 12.1. The molecule has 0 saturated carbocycles. The van der Waals surface area contributed by atoms with E-state index in [1.165, 1.54) is 35.5 Å². The molecule has 0 fully saturated rings. The molecule has 0 aliphatic heterocycles. The summed E-state index contributed by atoms with van der Waals surface area (Å²) in [5, 5.41) is 2.14. The SMILES string of the molecule is CC(C)c1cccc(C(C)C)c1-n1c(-c2[c-]ccc3c2oc2ccccc23)nc2cncnc21.[2H]C([2H])([2H])c1ccc(-c2[c-]cc(F)cc2)nc1.[Ir]. The van der Waals surface area contributed by atoms with Gasteiger partial charge in [0.05, 0.1) is 17.6 Å². The molecule has 0 aliphatic rings. The van der Waals surface area contributed by atoms with Gasteiger partial charge in [-0.05, 0) is 47.1 Å². The third-order valence-electron chi connectivity index (χ3n) is 8.27. The number of hydrogen-bond donors (Lipinski definition) is 0. The monoisotopic (exact) mass is 827 g/mol. The van der Waals surface area contributed by atoms with E-state index < -0.39 is 6.85 Å². The molecule has 0 amide bonds. The van der Waals surface area contributed by atoms with E-state index in [0.29, 0.717) is 23.1 Å². The number of rotatable bonds is 5. The second-order valence-corrected chi connectivity index (χ2v) is 12.1. The number of pyridine rings is 1. The second kappa shape index (κ2) is 14.2. The van der Waals surface area contributed by atoms with Gasteiger partial charge in [-0.25, -0.2) is 9.97 Å². The van der Waals surface area contributed by atoms with E-state index in [1.807, 2.05) is 24.3 Å². The van der Waals surface area contributed by atoms with Crippen LogP contribution in [0.5, 0.6) is 0 Å². The molecule has 0 bridgehead atoms. The average Bonchev–Trinajstić information content (AvgIpc) is 3.70. The number of halogens is 1. The van der Waals surface area contributed by atoms with Gasteiger partial charge in [0, 0.05) is 47.3 Å². The molecular formula is C41H34FIrN5O-2. The summed E-state index contributed by atoms with van der Waals surface area (Å²) >= 11 is 0. The zero-order valence-corrected chi connectivity index (χ0v) is 29.7. The van der Waals surface area contributed by atoms with Crippen LogP contribution in [-0.2, 0) is 20.1 Å². The summed E-state index contributed by atoms with van der Waals surface area (Å²) in [6.45, 7) is 6.75.